The van der Waals surface area contributed by atoms with Gasteiger partial charge in [-0.05, 0) is 59.3 Å². The number of benzene rings is 1. The number of nitrogens with one attached hydrogen (secondary N) is 1. The Morgan fingerprint density at radius 2 is 2.12 bits per heavy atom. The van der Waals surface area contributed by atoms with Crippen molar-refractivity contribution in [1.29, 1.82) is 0 Å². The molecular weight excluding hydrogens is 327 g/mol. The highest BCUT2D eigenvalue weighted by Crippen LogP contribution is 2.17. The zero-order valence-corrected chi connectivity index (χ0v) is 11.6. The molecule has 0 fully saturated rings. The van der Waals surface area contributed by atoms with Crippen molar-refractivity contribution in [1.82, 2.24) is 4.98 Å². The third kappa shape index (κ3) is 3.33. The summed E-state index contributed by atoms with van der Waals surface area (Å²) in [5.74, 6) is 0.193. The maximum Gasteiger partial charge on any atom is 0.133 e. The SMILES string of the molecule is Cc1ccc(NCc2ccc(O)cn2)cc1I. The van der Waals surface area contributed by atoms with Crippen LogP contribution in [-0.2, 0) is 6.54 Å². The van der Waals surface area contributed by atoms with E-state index < -0.39 is 0 Å². The standard InChI is InChI=1S/C13H13IN2O/c1-9-2-3-10(6-13(9)14)15-7-11-4-5-12(17)8-16-11/h2-6,8,15,17H,7H2,1H3. The lowest BCUT2D eigenvalue weighted by molar-refractivity contribution is 0.472. The van der Waals surface area contributed by atoms with Crippen molar-refractivity contribution in [2.75, 3.05) is 5.32 Å². The number of aromatic hydroxyl groups is 1. The molecule has 2 rings (SSSR count). The lowest BCUT2D eigenvalue weighted by Gasteiger charge is -2.07. The molecule has 0 aliphatic rings. The molecule has 0 aliphatic heterocycles. The van der Waals surface area contributed by atoms with E-state index in [1.807, 2.05) is 6.07 Å². The Morgan fingerprint density at radius 3 is 2.76 bits per heavy atom. The van der Waals surface area contributed by atoms with Crippen LogP contribution in [0.15, 0.2) is 36.5 Å². The van der Waals surface area contributed by atoms with E-state index in [1.54, 1.807) is 6.07 Å². The molecule has 0 saturated carbocycles. The van der Waals surface area contributed by atoms with Gasteiger partial charge in [0, 0.05) is 9.26 Å². The highest BCUT2D eigenvalue weighted by molar-refractivity contribution is 14.1. The van der Waals surface area contributed by atoms with Crippen LogP contribution < -0.4 is 5.32 Å². The molecule has 1 aromatic carbocycles. The molecule has 2 aromatic rings. The average Bonchev–Trinajstić information content (AvgIpc) is 2.33. The Bertz CT molecular complexity index is 511. The van der Waals surface area contributed by atoms with Crippen molar-refractivity contribution >= 4 is 28.3 Å². The van der Waals surface area contributed by atoms with Crippen molar-refractivity contribution in [2.24, 2.45) is 0 Å². The van der Waals surface area contributed by atoms with Crippen LogP contribution in [0, 0.1) is 10.5 Å². The van der Waals surface area contributed by atoms with Crippen LogP contribution in [0.3, 0.4) is 0 Å². The Labute approximate surface area is 114 Å². The zero-order valence-electron chi connectivity index (χ0n) is 9.44. The molecule has 0 atom stereocenters. The van der Waals surface area contributed by atoms with Gasteiger partial charge in [0.15, 0.2) is 0 Å². The molecule has 0 radical (unpaired) electrons. The van der Waals surface area contributed by atoms with Crippen LogP contribution in [0.2, 0.25) is 0 Å². The van der Waals surface area contributed by atoms with E-state index in [0.717, 1.165) is 11.4 Å². The molecule has 1 aromatic heterocycles. The maximum atomic E-state index is 9.12. The minimum absolute atomic E-state index is 0.193. The van der Waals surface area contributed by atoms with Crippen molar-refractivity contribution in [2.45, 2.75) is 13.5 Å². The van der Waals surface area contributed by atoms with Gasteiger partial charge in [-0.2, -0.15) is 0 Å². The fourth-order valence-electron chi connectivity index (χ4n) is 1.42. The molecule has 4 heteroatoms. The van der Waals surface area contributed by atoms with Gasteiger partial charge in [0.2, 0.25) is 0 Å². The zero-order chi connectivity index (χ0) is 12.3. The summed E-state index contributed by atoms with van der Waals surface area (Å²) in [6.07, 6.45) is 1.45. The summed E-state index contributed by atoms with van der Waals surface area (Å²) in [7, 11) is 0. The van der Waals surface area contributed by atoms with E-state index in [-0.39, 0.29) is 5.75 Å². The minimum Gasteiger partial charge on any atom is -0.506 e. The Balaban J connectivity index is 2.02. The van der Waals surface area contributed by atoms with Gasteiger partial charge >= 0.3 is 0 Å². The topological polar surface area (TPSA) is 45.1 Å². The molecule has 3 nitrogen and oxygen atoms in total. The quantitative estimate of drug-likeness (QED) is 0.843. The average molecular weight is 340 g/mol. The molecule has 2 N–H and O–H groups in total. The first-order chi connectivity index (χ1) is 8.15. The van der Waals surface area contributed by atoms with Gasteiger partial charge in [-0.25, -0.2) is 0 Å². The number of hydrogen-bond acceptors (Lipinski definition) is 3. The third-order valence-corrected chi connectivity index (χ3v) is 3.62. The molecule has 0 aliphatic carbocycles. The molecule has 0 spiro atoms. The van der Waals surface area contributed by atoms with Gasteiger partial charge in [-0.15, -0.1) is 0 Å². The van der Waals surface area contributed by atoms with Crippen molar-refractivity contribution in [3.8, 4) is 5.75 Å². The lowest BCUT2D eigenvalue weighted by atomic mass is 10.2. The Morgan fingerprint density at radius 1 is 1.29 bits per heavy atom. The minimum atomic E-state index is 0.193. The molecule has 88 valence electrons. The lowest BCUT2D eigenvalue weighted by Crippen LogP contribution is -2.01. The molecular formula is C13H13IN2O. The van der Waals surface area contributed by atoms with Crippen LogP contribution in [-0.4, -0.2) is 10.1 Å². The first-order valence-electron chi connectivity index (χ1n) is 5.29. The highest BCUT2D eigenvalue weighted by Gasteiger charge is 1.98. The molecule has 17 heavy (non-hydrogen) atoms. The third-order valence-electron chi connectivity index (χ3n) is 2.45. The van der Waals surface area contributed by atoms with Crippen LogP contribution in [0.1, 0.15) is 11.3 Å². The van der Waals surface area contributed by atoms with E-state index in [2.05, 4.69) is 58.0 Å². The van der Waals surface area contributed by atoms with Crippen molar-refractivity contribution in [3.63, 3.8) is 0 Å². The summed E-state index contributed by atoms with van der Waals surface area (Å²) in [5.41, 5.74) is 3.26. The van der Waals surface area contributed by atoms with Crippen molar-refractivity contribution < 1.29 is 5.11 Å². The normalized spacial score (nSPS) is 10.2. The second kappa shape index (κ2) is 5.35. The summed E-state index contributed by atoms with van der Waals surface area (Å²) in [6.45, 7) is 2.74. The first-order valence-corrected chi connectivity index (χ1v) is 6.37. The van der Waals surface area contributed by atoms with Crippen molar-refractivity contribution in [3.05, 3.63) is 51.4 Å². The van der Waals surface area contributed by atoms with Gasteiger partial charge in [0.1, 0.15) is 5.75 Å². The van der Waals surface area contributed by atoms with E-state index >= 15 is 0 Å². The monoisotopic (exact) mass is 340 g/mol. The predicted molar refractivity (Wildman–Crippen MR) is 77.1 cm³/mol. The van der Waals surface area contributed by atoms with Crippen LogP contribution >= 0.6 is 22.6 Å². The molecule has 0 bridgehead atoms. The number of halogens is 1. The van der Waals surface area contributed by atoms with E-state index in [0.29, 0.717) is 6.54 Å². The fraction of sp³-hybridized carbons (Fsp3) is 0.154. The molecule has 0 unspecified atom stereocenters. The second-order valence-corrected chi connectivity index (χ2v) is 4.99. The van der Waals surface area contributed by atoms with E-state index in [9.17, 15) is 0 Å². The van der Waals surface area contributed by atoms with Gasteiger partial charge in [0.05, 0.1) is 18.4 Å². The van der Waals surface area contributed by atoms with Gasteiger partial charge < -0.3 is 10.4 Å². The van der Waals surface area contributed by atoms with E-state index in [4.69, 9.17) is 5.11 Å². The van der Waals surface area contributed by atoms with Crippen LogP contribution in [0.25, 0.3) is 0 Å². The summed E-state index contributed by atoms with van der Waals surface area (Å²) in [5, 5.41) is 12.4. The first kappa shape index (κ1) is 12.2. The molecule has 0 amide bonds. The Hall–Kier alpha value is -1.30. The summed E-state index contributed by atoms with van der Waals surface area (Å²) < 4.78 is 1.24. The van der Waals surface area contributed by atoms with Gasteiger partial charge in [-0.1, -0.05) is 6.07 Å². The highest BCUT2D eigenvalue weighted by atomic mass is 127. The summed E-state index contributed by atoms with van der Waals surface area (Å²) in [4.78, 5) is 4.12. The van der Waals surface area contributed by atoms with Crippen LogP contribution in [0.4, 0.5) is 5.69 Å². The van der Waals surface area contributed by atoms with E-state index in [1.165, 1.54) is 15.3 Å². The predicted octanol–water partition coefficient (Wildman–Crippen LogP) is 3.31. The molecule has 1 heterocycles. The Kier molecular flexibility index (Phi) is 3.83. The number of hydrogen-bond donors (Lipinski definition) is 2. The van der Waals surface area contributed by atoms with Gasteiger partial charge in [0.25, 0.3) is 0 Å². The number of nitrogens with zero attached hydrogens (tertiary/aromatic N) is 1. The summed E-state index contributed by atoms with van der Waals surface area (Å²) in [6, 6.07) is 9.70. The number of anilines is 1. The van der Waals surface area contributed by atoms with Gasteiger partial charge in [-0.3, -0.25) is 4.98 Å². The number of rotatable bonds is 3. The van der Waals surface area contributed by atoms with Crippen LogP contribution in [0.5, 0.6) is 5.75 Å². The smallest absolute Gasteiger partial charge is 0.133 e. The maximum absolute atomic E-state index is 9.12. The fourth-order valence-corrected chi connectivity index (χ4v) is 1.93. The largest absolute Gasteiger partial charge is 0.506 e. The number of aryl methyl sites for hydroxylation is 1. The second-order valence-electron chi connectivity index (χ2n) is 3.83. The summed E-state index contributed by atoms with van der Waals surface area (Å²) >= 11 is 2.32. The number of pyridine rings is 1. The number of aromatic nitrogens is 1. The molecule has 0 saturated heterocycles.